The van der Waals surface area contributed by atoms with E-state index in [-0.39, 0.29) is 80.8 Å². The monoisotopic (exact) mass is 1930 g/mol. The number of rotatable bonds is 67. The van der Waals surface area contributed by atoms with Gasteiger partial charge < -0.3 is 25.0 Å². The van der Waals surface area contributed by atoms with Crippen LogP contribution >= 0.6 is 0 Å². The second-order valence-electron chi connectivity index (χ2n) is 36.3. The molecule has 4 amide bonds. The van der Waals surface area contributed by atoms with Gasteiger partial charge in [0.2, 0.25) is 11.8 Å². The van der Waals surface area contributed by atoms with Crippen molar-refractivity contribution in [3.8, 4) is 5.75 Å². The van der Waals surface area contributed by atoms with E-state index in [9.17, 15) is 38.7 Å². The van der Waals surface area contributed by atoms with E-state index in [1.807, 2.05) is 126 Å². The number of hydrogen-bond acceptors (Lipinski definition) is 9. The lowest BCUT2D eigenvalue weighted by Gasteiger charge is -2.54. The zero-order valence-corrected chi connectivity index (χ0v) is 88.4. The SMILES string of the molecule is CC/C=C\C/C=C\C/C=C\C/C=C\C/C=C\C/C=C\CCC(=O)C(C)C.CC/C=C\C/C=C\C/C=C\C/C=C\C/C=C\C/C=C\CCC(=O)OC[C@@H]1CC(=O)N2[C@H](CN(Cc3cccc4ccccc34)C(=O)[C@@H]2Cc2ccc(O)cc2)N1C(=O)NCc1ccccc1.CC/C=C\C/C=C\C/C=C\C/C=C\C/C=C\CCCC(=O)C(C)C.CCCCC/C=C\C/C=C\C/C=C\C/C=C\C/C=C\CCC(=O)C(C)C. The number of Topliss-reactive ketones (excluding diaryl/α,β-unsaturated/α-hetero) is 3. The van der Waals surface area contributed by atoms with Crippen LogP contribution in [0.15, 0.2) is 364 Å². The van der Waals surface area contributed by atoms with Gasteiger partial charge >= 0.3 is 12.0 Å². The van der Waals surface area contributed by atoms with Crippen molar-refractivity contribution in [2.75, 3.05) is 13.2 Å². The van der Waals surface area contributed by atoms with Gasteiger partial charge in [-0.05, 0) is 219 Å². The molecular formula is C129H178N4O9. The summed E-state index contributed by atoms with van der Waals surface area (Å²) in [5.74, 6) is 0.728. The number of ether oxygens (including phenoxy) is 1. The summed E-state index contributed by atoms with van der Waals surface area (Å²) in [6.07, 6.45) is 128. The highest BCUT2D eigenvalue weighted by molar-refractivity contribution is 5.93. The van der Waals surface area contributed by atoms with Crippen LogP contribution in [0.25, 0.3) is 10.8 Å². The maximum Gasteiger partial charge on any atom is 0.319 e. The van der Waals surface area contributed by atoms with Gasteiger partial charge in [0, 0.05) is 62.9 Å². The predicted octanol–water partition coefficient (Wildman–Crippen LogP) is 33.4. The third-order valence-corrected chi connectivity index (χ3v) is 23.2. The Bertz CT molecular complexity index is 4790. The fraction of sp³-hybridized carbons (Fsp3) is 0.434. The maximum absolute atomic E-state index is 14.6. The average molecular weight is 1930 g/mol. The fourth-order valence-electron chi connectivity index (χ4n) is 14.9. The molecule has 2 fully saturated rings. The molecule has 0 unspecified atom stereocenters. The van der Waals surface area contributed by atoms with Crippen LogP contribution in [0.5, 0.6) is 5.75 Å². The molecule has 0 saturated carbocycles. The molecule has 2 N–H and O–H groups in total. The van der Waals surface area contributed by atoms with E-state index in [0.29, 0.717) is 43.0 Å². The maximum atomic E-state index is 14.6. The molecule has 13 heteroatoms. The number of ketones is 3. The van der Waals surface area contributed by atoms with Crippen LogP contribution in [-0.2, 0) is 53.0 Å². The zero-order valence-electron chi connectivity index (χ0n) is 88.4. The van der Waals surface area contributed by atoms with Crippen LogP contribution < -0.4 is 5.32 Å². The number of carbonyl (C=O) groups excluding carboxylic acids is 7. The molecule has 6 rings (SSSR count). The first-order valence-corrected chi connectivity index (χ1v) is 53.3. The van der Waals surface area contributed by atoms with Gasteiger partial charge in [0.15, 0.2) is 0 Å². The van der Waals surface area contributed by atoms with Crippen molar-refractivity contribution in [1.29, 1.82) is 0 Å². The molecule has 142 heavy (non-hydrogen) atoms. The van der Waals surface area contributed by atoms with Crippen LogP contribution in [0.3, 0.4) is 0 Å². The van der Waals surface area contributed by atoms with Crippen molar-refractivity contribution in [1.82, 2.24) is 20.0 Å². The first kappa shape index (κ1) is 124. The Hall–Kier alpha value is -12.1. The molecule has 13 nitrogen and oxygen atoms in total. The van der Waals surface area contributed by atoms with Crippen molar-refractivity contribution in [3.05, 3.63) is 381 Å². The second-order valence-corrected chi connectivity index (χ2v) is 36.3. The number of urea groups is 1. The summed E-state index contributed by atoms with van der Waals surface area (Å²) in [4.78, 5) is 95.8. The molecule has 2 saturated heterocycles. The smallest absolute Gasteiger partial charge is 0.319 e. The minimum absolute atomic E-state index is 0.0613. The average Bonchev–Trinajstić information content (AvgIpc) is 0.741. The highest BCUT2D eigenvalue weighted by atomic mass is 16.5. The van der Waals surface area contributed by atoms with E-state index in [1.165, 1.54) is 25.7 Å². The Morgan fingerprint density at radius 2 is 0.718 bits per heavy atom. The lowest BCUT2D eigenvalue weighted by molar-refractivity contribution is -0.173. The summed E-state index contributed by atoms with van der Waals surface area (Å²) < 4.78 is 5.81. The van der Waals surface area contributed by atoms with Gasteiger partial charge in [-0.25, -0.2) is 4.79 Å². The Balaban J connectivity index is 0.000000562. The number of piperazine rings is 1. The summed E-state index contributed by atoms with van der Waals surface area (Å²) in [5, 5.41) is 15.1. The van der Waals surface area contributed by atoms with Crippen molar-refractivity contribution in [2.24, 2.45) is 17.8 Å². The summed E-state index contributed by atoms with van der Waals surface area (Å²) in [5.41, 5.74) is 2.60. The number of hydrogen-bond donors (Lipinski definition) is 2. The van der Waals surface area contributed by atoms with Gasteiger partial charge in [-0.2, -0.15) is 0 Å². The Labute approximate surface area is 859 Å². The number of phenols is 1. The summed E-state index contributed by atoms with van der Waals surface area (Å²) >= 11 is 0. The molecule has 0 bridgehead atoms. The van der Waals surface area contributed by atoms with Gasteiger partial charge in [0.25, 0.3) is 0 Å². The highest BCUT2D eigenvalue weighted by Crippen LogP contribution is 2.34. The molecule has 2 heterocycles. The summed E-state index contributed by atoms with van der Waals surface area (Å²) in [6.45, 7) is 20.9. The highest BCUT2D eigenvalue weighted by Gasteiger charge is 2.52. The predicted molar refractivity (Wildman–Crippen MR) is 606 cm³/mol. The van der Waals surface area contributed by atoms with Gasteiger partial charge in [0.05, 0.1) is 19.0 Å². The van der Waals surface area contributed by atoms with Crippen LogP contribution in [0, 0.1) is 17.8 Å². The number of aromatic hydroxyl groups is 1. The number of unbranched alkanes of at least 4 members (excludes halogenated alkanes) is 4. The number of carbonyl (C=O) groups is 7. The molecule has 4 aromatic rings. The first-order valence-electron chi connectivity index (χ1n) is 53.3. The topological polar surface area (TPSA) is 171 Å². The molecule has 2 aliphatic rings. The van der Waals surface area contributed by atoms with Gasteiger partial charge in [-0.3, -0.25) is 33.7 Å². The fourth-order valence-corrected chi connectivity index (χ4v) is 14.9. The van der Waals surface area contributed by atoms with Crippen molar-refractivity contribution >= 4 is 51.9 Å². The van der Waals surface area contributed by atoms with Crippen LogP contribution in [0.4, 0.5) is 4.79 Å². The molecule has 0 aromatic heterocycles. The van der Waals surface area contributed by atoms with E-state index in [2.05, 4.69) is 288 Å². The number of nitrogens with one attached hydrogen (secondary N) is 1. The van der Waals surface area contributed by atoms with Crippen LogP contribution in [-0.4, -0.2) is 92.4 Å². The number of nitrogens with zero attached hydrogens (tertiary/aromatic N) is 3. The third kappa shape index (κ3) is 64.4. The number of benzene rings is 4. The molecule has 0 aliphatic carbocycles. The van der Waals surface area contributed by atoms with Gasteiger partial charge in [-0.1, -0.05) is 434 Å². The Kier molecular flexibility index (Phi) is 75.8. The molecule has 3 atom stereocenters. The number of amides is 4. The normalized spacial score (nSPS) is 15.4. The van der Waals surface area contributed by atoms with Crippen molar-refractivity contribution in [2.45, 2.75) is 332 Å². The molecule has 768 valence electrons. The van der Waals surface area contributed by atoms with Crippen molar-refractivity contribution < 1.29 is 43.4 Å². The molecule has 0 spiro atoms. The quantitative estimate of drug-likeness (QED) is 0.0248. The number of esters is 1. The zero-order chi connectivity index (χ0) is 103. The second kappa shape index (κ2) is 86.8. The van der Waals surface area contributed by atoms with Gasteiger partial charge in [0.1, 0.15) is 41.9 Å². The van der Waals surface area contributed by atoms with E-state index in [1.54, 1.807) is 39.0 Å². The number of allylic oxidation sites excluding steroid dienone is 44. The summed E-state index contributed by atoms with van der Waals surface area (Å²) in [7, 11) is 0. The van der Waals surface area contributed by atoms with Crippen LogP contribution in [0.2, 0.25) is 0 Å². The number of phenolic OH excluding ortho intramolecular Hbond substituents is 1. The lowest BCUT2D eigenvalue weighted by Crippen LogP contribution is -2.74. The standard InChI is InChI=1S/C56H64N4O6.C25H40O.C25H38O.C23H36O/c1-2-3-4-5-6-7-8-9-10-11-12-13-14-15-16-17-18-19-23-33-54(63)66-43-48-39-53(62)60-51(38-44-34-36-49(61)37-35-44)55(64)58(41-47-31-26-30-46-29-24-25-32-50(46)47)42-52(60)59(48)56(65)57-40-45-27-21-20-22-28-45;2*1-4-5-6-7-8-9-10-11-12-13-14-15-16-17-18-19-20-21-22-23-25(26)24(2)3;1-4-5-6-7-8-9-10-11-12-13-14-15-16-17-18-19-20-21-23(24)22(2)3/h3-4,6-7,9-10,12-13,15-16,18-22,24-32,34-37,48,51-52,61H,2,5,8,11,14,17,23,33,38-43H2,1H3,(H,57,65);8-9,11-12,14-15,17-18,20-21,24H,4-7,10,13,16,19,22-23H2,1-3H3;5-6,8-9,11-12,14-15,17-18,20-21,24H,4,7,10,13,16,19,22-23H2,1-3H3;5-6,8-9,11-12,14-15,17-18,22H,4,7,10,13,16,19-21H2,1-3H3/b4-3-,7-6-,10-9-,13-12-,16-15-,19-18-;9-8-,12-11-,15-14-,18-17-,21-20-;6-5-,9-8-,12-11-,15-14-,18-17-,21-20-;6-5-,9-8-,12-11-,15-14-,18-17-/t48-,51-,52+;;;/m0.../s1. The van der Waals surface area contributed by atoms with E-state index in [4.69, 9.17) is 4.74 Å². The van der Waals surface area contributed by atoms with E-state index >= 15 is 0 Å². The largest absolute Gasteiger partial charge is 0.508 e. The van der Waals surface area contributed by atoms with E-state index in [0.717, 1.165) is 188 Å². The van der Waals surface area contributed by atoms with E-state index < -0.39 is 30.2 Å². The number of fused-ring (bicyclic) bond motifs is 2. The molecule has 0 radical (unpaired) electrons. The Morgan fingerprint density at radius 3 is 1.11 bits per heavy atom. The molecule has 2 aliphatic heterocycles. The van der Waals surface area contributed by atoms with Gasteiger partial charge in [-0.15, -0.1) is 0 Å². The lowest BCUT2D eigenvalue weighted by atomic mass is 9.94. The third-order valence-electron chi connectivity index (χ3n) is 23.2. The van der Waals surface area contributed by atoms with Crippen molar-refractivity contribution in [3.63, 3.8) is 0 Å². The first-order chi connectivity index (χ1) is 69.4. The van der Waals surface area contributed by atoms with Crippen LogP contribution in [0.1, 0.15) is 311 Å². The molecular weight excluding hydrogens is 1750 g/mol. The molecule has 4 aromatic carbocycles. The summed E-state index contributed by atoms with van der Waals surface area (Å²) in [6, 6.07) is 28.0. The minimum Gasteiger partial charge on any atom is -0.508 e. The Morgan fingerprint density at radius 1 is 0.373 bits per heavy atom. The minimum atomic E-state index is -0.926.